The lowest BCUT2D eigenvalue weighted by Gasteiger charge is -2.61. The smallest absolute Gasteiger partial charge is 0.301 e. The molecule has 3 amide bonds. The quantitative estimate of drug-likeness (QED) is 0.0992. The van der Waals surface area contributed by atoms with Crippen molar-refractivity contribution in [2.75, 3.05) is 62.0 Å². The number of carbonyl (C=O) groups excluding carboxylic acids is 4. The van der Waals surface area contributed by atoms with Gasteiger partial charge in [0.25, 0.3) is 5.91 Å². The Bertz CT molecular complexity index is 2880. The van der Waals surface area contributed by atoms with Crippen molar-refractivity contribution in [3.8, 4) is 16.9 Å². The molecular weight excluding hydrogens is 870 g/mol. The number of aromatic nitrogens is 2. The van der Waals surface area contributed by atoms with E-state index in [0.29, 0.717) is 34.5 Å². The molecule has 5 aromatic rings. The van der Waals surface area contributed by atoms with E-state index in [1.54, 1.807) is 30.5 Å². The molecule has 0 radical (unpaired) electrons. The molecule has 0 unspecified atom stereocenters. The number of nitrogens with one attached hydrogen (secondary N) is 3. The summed E-state index contributed by atoms with van der Waals surface area (Å²) >= 11 is 0. The summed E-state index contributed by atoms with van der Waals surface area (Å²) in [5, 5.41) is 13.4. The molecule has 20 heteroatoms. The maximum atomic E-state index is 15.7. The summed E-state index contributed by atoms with van der Waals surface area (Å²) in [4.78, 5) is 63.9. The maximum Gasteiger partial charge on any atom is 0.301 e. The van der Waals surface area contributed by atoms with Gasteiger partial charge in [-0.15, -0.1) is 0 Å². The molecule has 2 aromatic heterocycles. The number of pyridine rings is 1. The molecule has 4 fully saturated rings. The van der Waals surface area contributed by atoms with Gasteiger partial charge in [-0.2, -0.15) is 12.7 Å². The van der Waals surface area contributed by atoms with Crippen LogP contribution < -0.4 is 19.7 Å². The number of aromatic amines is 1. The number of H-pyrrole nitrogens is 1. The van der Waals surface area contributed by atoms with Gasteiger partial charge in [0.15, 0.2) is 5.82 Å². The molecule has 16 nitrogen and oxygen atoms in total. The van der Waals surface area contributed by atoms with Crippen LogP contribution in [0.15, 0.2) is 73.1 Å². The van der Waals surface area contributed by atoms with Gasteiger partial charge in [-0.3, -0.25) is 34.1 Å². The van der Waals surface area contributed by atoms with Crippen LogP contribution in [0.3, 0.4) is 0 Å². The Balaban J connectivity index is 0.720. The number of likely N-dealkylation sites (tertiary alicyclic amines) is 1. The average Bonchev–Trinajstić information content (AvgIpc) is 3.98. The Morgan fingerprint density at radius 1 is 1.00 bits per heavy atom. The minimum atomic E-state index is -4.37. The first-order valence-electron chi connectivity index (χ1n) is 21.2. The third-order valence-electron chi connectivity index (χ3n) is 12.9. The van der Waals surface area contributed by atoms with Crippen molar-refractivity contribution < 1.29 is 50.6 Å². The van der Waals surface area contributed by atoms with E-state index in [1.165, 1.54) is 11.1 Å². The lowest BCUT2D eigenvalue weighted by atomic mass is 9.72. The fraction of sp³-hybridized carbons (Fsp3) is 0.356. The molecule has 0 aliphatic carbocycles. The second-order valence-electron chi connectivity index (χ2n) is 17.5. The molecule has 0 saturated carbocycles. The molecule has 0 bridgehead atoms. The zero-order valence-corrected chi connectivity index (χ0v) is 35.5. The minimum Gasteiger partial charge on any atom is -0.491 e. The van der Waals surface area contributed by atoms with Crippen molar-refractivity contribution in [1.29, 1.82) is 0 Å². The second kappa shape index (κ2) is 16.3. The van der Waals surface area contributed by atoms with Gasteiger partial charge in [-0.1, -0.05) is 12.1 Å². The van der Waals surface area contributed by atoms with E-state index in [-0.39, 0.29) is 61.8 Å². The van der Waals surface area contributed by atoms with Crippen molar-refractivity contribution in [3.05, 3.63) is 107 Å². The molecule has 1 spiro atoms. The summed E-state index contributed by atoms with van der Waals surface area (Å²) in [6, 6.07) is 15.6. The van der Waals surface area contributed by atoms with Gasteiger partial charge in [0.05, 0.1) is 11.3 Å². The summed E-state index contributed by atoms with van der Waals surface area (Å²) in [5.41, 5.74) is 2.43. The largest absolute Gasteiger partial charge is 0.491 e. The van der Waals surface area contributed by atoms with Crippen LogP contribution in [0.1, 0.15) is 51.1 Å². The number of benzene rings is 3. The van der Waals surface area contributed by atoms with Crippen molar-refractivity contribution in [2.24, 2.45) is 5.41 Å². The van der Waals surface area contributed by atoms with E-state index in [1.807, 2.05) is 29.0 Å². The second-order valence-corrected chi connectivity index (χ2v) is 19.2. The molecule has 5 aliphatic heterocycles. The zero-order chi connectivity index (χ0) is 45.4. The first kappa shape index (κ1) is 42.6. The summed E-state index contributed by atoms with van der Waals surface area (Å²) in [5.74, 6) is -4.16. The molecule has 4 saturated heterocycles. The Morgan fingerprint density at radius 2 is 1.78 bits per heavy atom. The third kappa shape index (κ3) is 7.97. The monoisotopic (exact) mass is 912 g/mol. The highest BCUT2D eigenvalue weighted by Crippen LogP contribution is 2.42. The number of nitrogens with zero attached hydrogens (tertiary/aromatic N) is 5. The normalized spacial score (nSPS) is 21.3. The number of aliphatic hydroxyl groups is 1. The Morgan fingerprint density at radius 3 is 2.52 bits per heavy atom. The summed E-state index contributed by atoms with van der Waals surface area (Å²) in [6.45, 7) is 3.57. The van der Waals surface area contributed by atoms with Gasteiger partial charge in [-0.05, 0) is 72.5 Å². The molecule has 3 atom stereocenters. The summed E-state index contributed by atoms with van der Waals surface area (Å²) < 4.78 is 78.9. The van der Waals surface area contributed by atoms with Crippen molar-refractivity contribution in [1.82, 2.24) is 29.4 Å². The van der Waals surface area contributed by atoms with Crippen molar-refractivity contribution in [3.63, 3.8) is 0 Å². The number of alkyl halides is 1. The Hall–Kier alpha value is -6.35. The highest BCUT2D eigenvalue weighted by atomic mass is 32.2. The number of carbonyl (C=O) groups is 4. The molecule has 3 aromatic carbocycles. The minimum absolute atomic E-state index is 0.00528. The number of piperidine rings is 1. The number of amides is 3. The number of imide groups is 1. The SMILES string of the molecule is O=C1CC[C@@H](N2Cc3cc(OC[C@H](O)CN4CC5(C4)CN(c4ccc(-c6cnc7[nH]cc(C(=O)c8c(F)ccc(NS(=O)(=O)N9CC[C@@H](F)C9)c8F)c7c6)cc4)C5)ccc3C2=O)C(=O)N1. The topological polar surface area (TPSA) is 198 Å². The van der Waals surface area contributed by atoms with Crippen LogP contribution in [0.5, 0.6) is 5.75 Å². The first-order chi connectivity index (χ1) is 31.1. The van der Waals surface area contributed by atoms with Crippen molar-refractivity contribution >= 4 is 56.1 Å². The van der Waals surface area contributed by atoms with Crippen LogP contribution in [-0.2, 0) is 26.3 Å². The number of hydrogen-bond donors (Lipinski definition) is 4. The number of rotatable bonds is 13. The van der Waals surface area contributed by atoms with Gasteiger partial charge < -0.3 is 24.6 Å². The van der Waals surface area contributed by atoms with Crippen LogP contribution in [0.25, 0.3) is 22.2 Å². The Labute approximate surface area is 370 Å². The van der Waals surface area contributed by atoms with E-state index in [4.69, 9.17) is 4.74 Å². The van der Waals surface area contributed by atoms with E-state index < -0.39 is 69.6 Å². The van der Waals surface area contributed by atoms with E-state index in [0.717, 1.165) is 59.4 Å². The number of fused-ring (bicyclic) bond motifs is 2. The van der Waals surface area contributed by atoms with Crippen LogP contribution in [0, 0.1) is 17.0 Å². The average molecular weight is 913 g/mol. The number of hydrogen-bond acceptors (Lipinski definition) is 11. The molecule has 10 rings (SSSR count). The molecule has 338 valence electrons. The van der Waals surface area contributed by atoms with Gasteiger partial charge in [0, 0.05) is 104 Å². The van der Waals surface area contributed by atoms with Gasteiger partial charge in [0.1, 0.15) is 42.1 Å². The predicted octanol–water partition coefficient (Wildman–Crippen LogP) is 3.76. The number of ether oxygens (including phenoxy) is 1. The molecular formula is C45H43F3N8O8S. The number of ketones is 1. The number of β-amino-alcohol motifs (C(OH)–C–C–N with tert-alkyl or cyclic N) is 1. The Kier molecular flexibility index (Phi) is 10.7. The number of halogens is 3. The molecule has 7 heterocycles. The van der Waals surface area contributed by atoms with Crippen LogP contribution in [0.4, 0.5) is 24.5 Å². The summed E-state index contributed by atoms with van der Waals surface area (Å²) in [7, 11) is -4.37. The molecule has 65 heavy (non-hydrogen) atoms. The van der Waals surface area contributed by atoms with Gasteiger partial charge >= 0.3 is 10.2 Å². The maximum absolute atomic E-state index is 15.7. The predicted molar refractivity (Wildman–Crippen MR) is 230 cm³/mol. The molecule has 4 N–H and O–H groups in total. The van der Waals surface area contributed by atoms with E-state index in [2.05, 4.69) is 25.1 Å². The lowest BCUT2D eigenvalue weighted by Crippen LogP contribution is -2.72. The fourth-order valence-corrected chi connectivity index (χ4v) is 10.9. The van der Waals surface area contributed by atoms with Gasteiger partial charge in [0.2, 0.25) is 17.6 Å². The van der Waals surface area contributed by atoms with Crippen molar-refractivity contribution in [2.45, 2.75) is 44.1 Å². The number of anilines is 2. The number of aliphatic hydroxyl groups excluding tert-OH is 1. The highest BCUT2D eigenvalue weighted by molar-refractivity contribution is 7.90. The van der Waals surface area contributed by atoms with Crippen LogP contribution in [0.2, 0.25) is 0 Å². The fourth-order valence-electron chi connectivity index (χ4n) is 9.66. The van der Waals surface area contributed by atoms with Crippen LogP contribution >= 0.6 is 0 Å². The van der Waals surface area contributed by atoms with E-state index in [9.17, 15) is 37.1 Å². The summed E-state index contributed by atoms with van der Waals surface area (Å²) in [6.07, 6.45) is 1.27. The van der Waals surface area contributed by atoms with E-state index >= 15 is 8.78 Å². The first-order valence-corrected chi connectivity index (χ1v) is 22.7. The van der Waals surface area contributed by atoms with Gasteiger partial charge in [-0.25, -0.2) is 18.2 Å². The molecule has 5 aliphatic rings. The lowest BCUT2D eigenvalue weighted by molar-refractivity contribution is -0.136. The third-order valence-corrected chi connectivity index (χ3v) is 14.4. The van der Waals surface area contributed by atoms with Crippen LogP contribution in [-0.4, -0.2) is 132 Å². The zero-order valence-electron chi connectivity index (χ0n) is 34.7. The highest BCUT2D eigenvalue weighted by Gasteiger charge is 2.52. The standard InChI is InChI=1S/C45H43F3N8O8S/c46-28-11-12-55(18-28)65(62,63)52-36-8-7-35(47)39(40(36)48)41(59)34-16-50-42-33(34)14-26(15-49-42)25-1-3-29(4-2-25)54-23-45(24-54)21-53(22-45)19-30(57)20-64-31-5-6-32-27(13-31)17-56(44(32)61)37-9-10-38(58)51-43(37)60/h1-8,13-16,28,30,37,52,57H,9-12,17-24H2,(H,49,50)(H,51,58,60)/t28-,30-,37-/m1/s1.